The zero-order chi connectivity index (χ0) is 17.1. The molecule has 0 aliphatic rings. The maximum absolute atomic E-state index is 12.8. The average Bonchev–Trinajstić information content (AvgIpc) is 3.38. The first-order valence-corrected chi connectivity index (χ1v) is 8.16. The predicted molar refractivity (Wildman–Crippen MR) is 103 cm³/mol. The normalized spacial score (nSPS) is 10.2. The summed E-state index contributed by atoms with van der Waals surface area (Å²) >= 11 is 0. The Morgan fingerprint density at radius 3 is 2.15 bits per heavy atom. The summed E-state index contributed by atoms with van der Waals surface area (Å²) in [7, 11) is 0. The quantitative estimate of drug-likeness (QED) is 0.211. The molecule has 0 amide bonds. The second-order valence-corrected chi connectivity index (χ2v) is 5.77. The monoisotopic (exact) mass is 380 g/mol. The molecular formula is C23H16FeO2-6. The van der Waals surface area contributed by atoms with E-state index in [1.54, 1.807) is 6.26 Å². The molecule has 2 nitrogen and oxygen atoms in total. The first-order chi connectivity index (χ1) is 12.3. The third kappa shape index (κ3) is 3.41. The van der Waals surface area contributed by atoms with E-state index in [0.29, 0.717) is 16.5 Å². The van der Waals surface area contributed by atoms with E-state index in [2.05, 4.69) is 0 Å². The SMILES string of the molecule is O=c1c(-[c-]2cccc2)coc2ccc3ccccc3c12.[Fe].[cH-]1[cH-][cH-][cH-][cH-]1. The zero-order valence-corrected chi connectivity index (χ0v) is 15.0. The van der Waals surface area contributed by atoms with Crippen LogP contribution in [0.1, 0.15) is 0 Å². The number of benzene rings is 2. The van der Waals surface area contributed by atoms with Crippen molar-refractivity contribution in [3.05, 3.63) is 107 Å². The fourth-order valence-corrected chi connectivity index (χ4v) is 2.97. The van der Waals surface area contributed by atoms with Gasteiger partial charge in [0.1, 0.15) is 11.0 Å². The van der Waals surface area contributed by atoms with Gasteiger partial charge in [-0.25, -0.2) is 0 Å². The van der Waals surface area contributed by atoms with Gasteiger partial charge in [-0.3, -0.25) is 0 Å². The molecule has 26 heavy (non-hydrogen) atoms. The predicted octanol–water partition coefficient (Wildman–Crippen LogP) is 5.74. The van der Waals surface area contributed by atoms with Gasteiger partial charge in [0.05, 0.1) is 0 Å². The van der Waals surface area contributed by atoms with E-state index in [1.807, 2.05) is 91.0 Å². The van der Waals surface area contributed by atoms with E-state index in [1.165, 1.54) is 0 Å². The van der Waals surface area contributed by atoms with Crippen molar-refractivity contribution in [1.29, 1.82) is 0 Å². The van der Waals surface area contributed by atoms with Gasteiger partial charge in [0.2, 0.25) is 0 Å². The van der Waals surface area contributed by atoms with Crippen LogP contribution < -0.4 is 5.43 Å². The molecule has 0 spiro atoms. The van der Waals surface area contributed by atoms with Crippen LogP contribution in [0.4, 0.5) is 0 Å². The largest absolute Gasteiger partial charge is 0.748 e. The van der Waals surface area contributed by atoms with Crippen molar-refractivity contribution in [3.8, 4) is 11.1 Å². The first kappa shape index (κ1) is 17.9. The molecule has 0 saturated carbocycles. The molecule has 0 N–H and O–H groups in total. The number of fused-ring (bicyclic) bond motifs is 3. The van der Waals surface area contributed by atoms with Gasteiger partial charge in [0.25, 0.3) is 0 Å². The topological polar surface area (TPSA) is 30.2 Å². The third-order valence-electron chi connectivity index (χ3n) is 4.20. The van der Waals surface area contributed by atoms with Crippen molar-refractivity contribution in [3.63, 3.8) is 0 Å². The van der Waals surface area contributed by atoms with Crippen LogP contribution in [-0.4, -0.2) is 0 Å². The summed E-state index contributed by atoms with van der Waals surface area (Å²) < 4.78 is 5.66. The molecule has 0 radical (unpaired) electrons. The second kappa shape index (κ2) is 8.01. The van der Waals surface area contributed by atoms with Crippen molar-refractivity contribution < 1.29 is 21.5 Å². The molecule has 1 heterocycles. The summed E-state index contributed by atoms with van der Waals surface area (Å²) in [6, 6.07) is 29.4. The third-order valence-corrected chi connectivity index (χ3v) is 4.20. The zero-order valence-electron chi connectivity index (χ0n) is 13.9. The Bertz CT molecular complexity index is 1130. The molecule has 134 valence electrons. The van der Waals surface area contributed by atoms with Crippen LogP contribution in [0.3, 0.4) is 0 Å². The van der Waals surface area contributed by atoms with Crippen molar-refractivity contribution in [2.24, 2.45) is 0 Å². The number of hydrogen-bond acceptors (Lipinski definition) is 2. The minimum Gasteiger partial charge on any atom is -0.748 e. The van der Waals surface area contributed by atoms with Gasteiger partial charge >= 0.3 is 0 Å². The van der Waals surface area contributed by atoms with E-state index in [9.17, 15) is 4.79 Å². The Labute approximate surface area is 161 Å². The molecule has 3 heteroatoms. The molecule has 0 aliphatic heterocycles. The molecule has 5 rings (SSSR count). The van der Waals surface area contributed by atoms with Gasteiger partial charge in [-0.2, -0.15) is 12.1 Å². The van der Waals surface area contributed by atoms with Gasteiger partial charge < -0.3 is 39.5 Å². The van der Waals surface area contributed by atoms with Crippen LogP contribution >= 0.6 is 0 Å². The number of rotatable bonds is 1. The molecule has 0 atom stereocenters. The molecule has 1 aromatic heterocycles. The molecule has 0 aliphatic carbocycles. The van der Waals surface area contributed by atoms with Gasteiger partial charge in [0, 0.05) is 28.7 Å². The van der Waals surface area contributed by atoms with Crippen LogP contribution in [0.5, 0.6) is 0 Å². The summed E-state index contributed by atoms with van der Waals surface area (Å²) in [4.78, 5) is 12.8. The van der Waals surface area contributed by atoms with Gasteiger partial charge in [-0.1, -0.05) is 35.9 Å². The maximum atomic E-state index is 12.8. The van der Waals surface area contributed by atoms with E-state index >= 15 is 0 Å². The minimum absolute atomic E-state index is 0. The van der Waals surface area contributed by atoms with E-state index < -0.39 is 0 Å². The van der Waals surface area contributed by atoms with Crippen molar-refractivity contribution in [2.45, 2.75) is 0 Å². The Balaban J connectivity index is 0.000000285. The van der Waals surface area contributed by atoms with E-state index in [0.717, 1.165) is 16.3 Å². The van der Waals surface area contributed by atoms with Crippen LogP contribution in [0.25, 0.3) is 32.9 Å². The van der Waals surface area contributed by atoms with Crippen LogP contribution in [-0.2, 0) is 17.1 Å². The Kier molecular flexibility index (Phi) is 5.52. The number of hydrogen-bond donors (Lipinski definition) is 0. The summed E-state index contributed by atoms with van der Waals surface area (Å²) in [5.74, 6) is 0. The van der Waals surface area contributed by atoms with Crippen molar-refractivity contribution in [2.75, 3.05) is 0 Å². The summed E-state index contributed by atoms with van der Waals surface area (Å²) in [6.45, 7) is 0. The molecule has 0 saturated heterocycles. The fraction of sp³-hybridized carbons (Fsp3) is 0. The van der Waals surface area contributed by atoms with Crippen LogP contribution in [0, 0.1) is 0 Å². The smallest absolute Gasteiger partial charge is 0.133 e. The summed E-state index contributed by atoms with van der Waals surface area (Å²) in [5, 5.41) is 2.64. The Morgan fingerprint density at radius 2 is 1.46 bits per heavy atom. The van der Waals surface area contributed by atoms with Crippen LogP contribution in [0.2, 0.25) is 0 Å². The van der Waals surface area contributed by atoms with Crippen molar-refractivity contribution in [1.82, 2.24) is 0 Å². The van der Waals surface area contributed by atoms with Crippen molar-refractivity contribution >= 4 is 21.7 Å². The second-order valence-electron chi connectivity index (χ2n) is 5.77. The Hall–Kier alpha value is -2.87. The maximum Gasteiger partial charge on any atom is 0.133 e. The molecular weight excluding hydrogens is 364 g/mol. The molecule has 5 aromatic rings. The van der Waals surface area contributed by atoms with E-state index in [4.69, 9.17) is 4.42 Å². The standard InChI is InChI=1S/C18H11O2.C5H5.Fe/c19-18-15(12-5-1-2-6-12)11-20-16-10-9-13-7-3-4-8-14(13)17(16)18;1-2-4-5-3-1;/h1-11H;1-5H;/q-1;-5;. The molecule has 0 bridgehead atoms. The summed E-state index contributed by atoms with van der Waals surface area (Å²) in [6.07, 6.45) is 1.55. The molecule has 4 aromatic carbocycles. The Morgan fingerprint density at radius 1 is 0.808 bits per heavy atom. The van der Waals surface area contributed by atoms with E-state index in [-0.39, 0.29) is 22.5 Å². The summed E-state index contributed by atoms with van der Waals surface area (Å²) in [5.41, 5.74) is 2.16. The van der Waals surface area contributed by atoms with Gasteiger partial charge in [0.15, 0.2) is 0 Å². The average molecular weight is 380 g/mol. The molecule has 0 unspecified atom stereocenters. The fourth-order valence-electron chi connectivity index (χ4n) is 2.97. The minimum atomic E-state index is 0. The molecule has 0 fully saturated rings. The van der Waals surface area contributed by atoms with Gasteiger partial charge in [-0.15, -0.1) is 12.1 Å². The first-order valence-electron chi connectivity index (χ1n) is 8.16. The van der Waals surface area contributed by atoms with Crippen LogP contribution in [0.15, 0.2) is 106 Å². The van der Waals surface area contributed by atoms with Gasteiger partial charge in [-0.05, 0) is 22.4 Å².